The van der Waals surface area contributed by atoms with Crippen LogP contribution in [0.15, 0.2) is 12.3 Å². The largest absolute Gasteiger partial charge is 0.465 e. The summed E-state index contributed by atoms with van der Waals surface area (Å²) in [6, 6.07) is 1.85. The quantitative estimate of drug-likeness (QED) is 0.692. The number of carbonyl (C=O) groups is 3. The predicted molar refractivity (Wildman–Crippen MR) is 101 cm³/mol. The number of rotatable bonds is 8. The van der Waals surface area contributed by atoms with E-state index in [1.54, 1.807) is 17.8 Å². The van der Waals surface area contributed by atoms with E-state index < -0.39 is 11.9 Å². The molecular formula is C18H23N3O5S. The number of nitrogens with one attached hydrogen (secondary N) is 1. The highest BCUT2D eigenvalue weighted by atomic mass is 32.1. The van der Waals surface area contributed by atoms with Crippen molar-refractivity contribution in [1.82, 2.24) is 9.78 Å². The number of amides is 1. The normalized spacial score (nSPS) is 10.5. The fraction of sp³-hybridized carbons (Fsp3) is 0.444. The Hall–Kier alpha value is -2.68. The molecule has 0 saturated carbocycles. The molecule has 8 nitrogen and oxygen atoms in total. The molecule has 0 spiro atoms. The van der Waals surface area contributed by atoms with E-state index in [9.17, 15) is 14.4 Å². The zero-order chi connectivity index (χ0) is 20.0. The average molecular weight is 393 g/mol. The Bertz CT molecular complexity index is 840. The van der Waals surface area contributed by atoms with Gasteiger partial charge in [0.05, 0.1) is 19.3 Å². The van der Waals surface area contributed by atoms with E-state index in [0.29, 0.717) is 18.5 Å². The van der Waals surface area contributed by atoms with Crippen LogP contribution in [-0.4, -0.2) is 41.3 Å². The van der Waals surface area contributed by atoms with E-state index in [0.717, 1.165) is 17.0 Å². The fourth-order valence-electron chi connectivity index (χ4n) is 2.43. The number of thiophene rings is 1. The fourth-order valence-corrected chi connectivity index (χ4v) is 3.56. The van der Waals surface area contributed by atoms with Crippen molar-refractivity contribution < 1.29 is 23.9 Å². The lowest BCUT2D eigenvalue weighted by Gasteiger charge is -2.08. The third-order valence-corrected chi connectivity index (χ3v) is 5.08. The lowest BCUT2D eigenvalue weighted by atomic mass is 10.1. The number of nitrogens with zero attached hydrogens (tertiary/aromatic N) is 2. The van der Waals surface area contributed by atoms with Crippen molar-refractivity contribution in [3.05, 3.63) is 34.0 Å². The lowest BCUT2D eigenvalue weighted by Crippen LogP contribution is -2.17. The molecule has 0 aliphatic rings. The monoisotopic (exact) mass is 393 g/mol. The Morgan fingerprint density at radius 2 is 2.00 bits per heavy atom. The van der Waals surface area contributed by atoms with Crippen LogP contribution in [0.3, 0.4) is 0 Å². The maximum atomic E-state index is 12.4. The highest BCUT2D eigenvalue weighted by Crippen LogP contribution is 2.34. The molecule has 0 aliphatic heterocycles. The molecule has 27 heavy (non-hydrogen) atoms. The number of carbonyl (C=O) groups excluding carboxylic acids is 3. The summed E-state index contributed by atoms with van der Waals surface area (Å²) < 4.78 is 11.7. The molecule has 0 bridgehead atoms. The third kappa shape index (κ3) is 4.94. The van der Waals surface area contributed by atoms with Crippen molar-refractivity contribution in [2.75, 3.05) is 19.0 Å². The first-order valence-electron chi connectivity index (χ1n) is 8.56. The first-order chi connectivity index (χ1) is 12.9. The smallest absolute Gasteiger partial charge is 0.348 e. The lowest BCUT2D eigenvalue weighted by molar-refractivity contribution is -0.116. The van der Waals surface area contributed by atoms with Gasteiger partial charge in [0.2, 0.25) is 5.91 Å². The molecule has 146 valence electrons. The number of ether oxygens (including phenoxy) is 2. The summed E-state index contributed by atoms with van der Waals surface area (Å²) in [7, 11) is 1.27. The van der Waals surface area contributed by atoms with Crippen LogP contribution in [0.2, 0.25) is 0 Å². The molecule has 9 heteroatoms. The van der Waals surface area contributed by atoms with Crippen molar-refractivity contribution in [3.63, 3.8) is 0 Å². The number of anilines is 1. The average Bonchev–Trinajstić information content (AvgIpc) is 3.20. The summed E-state index contributed by atoms with van der Waals surface area (Å²) in [6.45, 7) is 6.09. The van der Waals surface area contributed by atoms with Gasteiger partial charge >= 0.3 is 11.9 Å². The highest BCUT2D eigenvalue weighted by molar-refractivity contribution is 7.18. The Kier molecular flexibility index (Phi) is 7.12. The molecule has 2 aromatic heterocycles. The predicted octanol–water partition coefficient (Wildman–Crippen LogP) is 2.94. The van der Waals surface area contributed by atoms with Crippen molar-refractivity contribution in [2.24, 2.45) is 0 Å². The number of aromatic nitrogens is 2. The molecule has 0 saturated heterocycles. The van der Waals surface area contributed by atoms with Gasteiger partial charge in [-0.15, -0.1) is 11.3 Å². The first-order valence-corrected chi connectivity index (χ1v) is 9.37. The zero-order valence-electron chi connectivity index (χ0n) is 15.8. The molecule has 0 radical (unpaired) electrons. The number of hydrogen-bond donors (Lipinski definition) is 1. The maximum Gasteiger partial charge on any atom is 0.348 e. The Morgan fingerprint density at radius 3 is 2.59 bits per heavy atom. The van der Waals surface area contributed by atoms with Gasteiger partial charge < -0.3 is 14.8 Å². The van der Waals surface area contributed by atoms with E-state index in [4.69, 9.17) is 9.47 Å². The number of methoxy groups -OCH3 is 1. The summed E-state index contributed by atoms with van der Waals surface area (Å²) in [5, 5.41) is 7.14. The molecule has 0 aliphatic carbocycles. The van der Waals surface area contributed by atoms with Gasteiger partial charge in [0, 0.05) is 24.9 Å². The van der Waals surface area contributed by atoms with Gasteiger partial charge in [-0.05, 0) is 31.9 Å². The molecule has 2 heterocycles. The molecule has 1 N–H and O–H groups in total. The van der Waals surface area contributed by atoms with Crippen molar-refractivity contribution in [2.45, 2.75) is 40.2 Å². The second kappa shape index (κ2) is 9.31. The van der Waals surface area contributed by atoms with Crippen LogP contribution in [0.1, 0.15) is 51.1 Å². The summed E-state index contributed by atoms with van der Waals surface area (Å²) in [5.74, 6) is -1.42. The minimum Gasteiger partial charge on any atom is -0.465 e. The van der Waals surface area contributed by atoms with Crippen LogP contribution in [0, 0.1) is 13.8 Å². The van der Waals surface area contributed by atoms with E-state index >= 15 is 0 Å². The topological polar surface area (TPSA) is 99.5 Å². The molecule has 0 atom stereocenters. The number of esters is 2. The van der Waals surface area contributed by atoms with Crippen LogP contribution >= 0.6 is 11.3 Å². The first kappa shape index (κ1) is 20.6. The van der Waals surface area contributed by atoms with Crippen molar-refractivity contribution >= 4 is 34.2 Å². The molecule has 0 unspecified atom stereocenters. The van der Waals surface area contributed by atoms with Crippen LogP contribution < -0.4 is 5.32 Å². The van der Waals surface area contributed by atoms with E-state index in [2.05, 4.69) is 10.4 Å². The third-order valence-electron chi connectivity index (χ3n) is 3.89. The summed E-state index contributed by atoms with van der Waals surface area (Å²) >= 11 is 1.01. The van der Waals surface area contributed by atoms with E-state index in [-0.39, 0.29) is 34.4 Å². The number of aryl methyl sites for hydroxylation is 2. The second-order valence-electron chi connectivity index (χ2n) is 5.88. The van der Waals surface area contributed by atoms with E-state index in [1.807, 2.05) is 19.9 Å². The minimum absolute atomic E-state index is 0.177. The van der Waals surface area contributed by atoms with Crippen LogP contribution in [0.25, 0.3) is 0 Å². The molecular weight excluding hydrogens is 370 g/mol. The van der Waals surface area contributed by atoms with Crippen LogP contribution in [-0.2, 0) is 20.8 Å². The Morgan fingerprint density at radius 1 is 1.26 bits per heavy atom. The standard InChI is InChI=1S/C18H23N3O5S/c1-5-10-26-17(23)14-12(3)15(18(24)25-4)27-16(14)20-13(22)7-9-21-11(2)6-8-19-21/h6,8H,5,7,9-10H2,1-4H3,(H,20,22). The maximum absolute atomic E-state index is 12.4. The molecule has 1 amide bonds. The van der Waals surface area contributed by atoms with Crippen LogP contribution in [0.4, 0.5) is 5.00 Å². The highest BCUT2D eigenvalue weighted by Gasteiger charge is 2.27. The van der Waals surface area contributed by atoms with Gasteiger partial charge in [0.15, 0.2) is 0 Å². The summed E-state index contributed by atoms with van der Waals surface area (Å²) in [5.41, 5.74) is 1.58. The van der Waals surface area contributed by atoms with Crippen molar-refractivity contribution in [3.8, 4) is 0 Å². The Balaban J connectivity index is 2.20. The van der Waals surface area contributed by atoms with E-state index in [1.165, 1.54) is 7.11 Å². The molecule has 0 aromatic carbocycles. The second-order valence-corrected chi connectivity index (χ2v) is 6.90. The van der Waals surface area contributed by atoms with Gasteiger partial charge in [0.1, 0.15) is 9.88 Å². The SMILES string of the molecule is CCCOC(=O)c1c(NC(=O)CCn2nccc2C)sc(C(=O)OC)c1C. The van der Waals surface area contributed by atoms with Crippen LogP contribution in [0.5, 0.6) is 0 Å². The van der Waals surface area contributed by atoms with Gasteiger partial charge in [-0.1, -0.05) is 6.92 Å². The van der Waals surface area contributed by atoms with Gasteiger partial charge in [0.25, 0.3) is 0 Å². The molecule has 2 rings (SSSR count). The summed E-state index contributed by atoms with van der Waals surface area (Å²) in [4.78, 5) is 37.0. The molecule has 0 fully saturated rings. The van der Waals surface area contributed by atoms with Gasteiger partial charge in [-0.3, -0.25) is 9.48 Å². The van der Waals surface area contributed by atoms with Gasteiger partial charge in [-0.2, -0.15) is 5.10 Å². The number of hydrogen-bond acceptors (Lipinski definition) is 7. The van der Waals surface area contributed by atoms with Crippen molar-refractivity contribution in [1.29, 1.82) is 0 Å². The Labute approximate surface area is 161 Å². The minimum atomic E-state index is -0.570. The zero-order valence-corrected chi connectivity index (χ0v) is 16.6. The summed E-state index contributed by atoms with van der Waals surface area (Å²) in [6.07, 6.45) is 2.51. The van der Waals surface area contributed by atoms with Gasteiger partial charge in [-0.25, -0.2) is 9.59 Å². The molecule has 2 aromatic rings.